The summed E-state index contributed by atoms with van der Waals surface area (Å²) in [5.41, 5.74) is -6.29. The zero-order valence-corrected chi connectivity index (χ0v) is 14.6. The lowest BCUT2D eigenvalue weighted by molar-refractivity contribution is -0.0501. The molecule has 1 aromatic heterocycles. The highest BCUT2D eigenvalue weighted by Gasteiger charge is 2.49. The zero-order valence-electron chi connectivity index (χ0n) is 13.8. The highest BCUT2D eigenvalue weighted by atomic mass is 32.2. The van der Waals surface area contributed by atoms with Crippen LogP contribution in [-0.2, 0) is 10.1 Å². The minimum absolute atomic E-state index is 0.0772. The van der Waals surface area contributed by atoms with Crippen molar-refractivity contribution in [3.63, 3.8) is 0 Å². The number of benzene rings is 2. The van der Waals surface area contributed by atoms with E-state index in [0.29, 0.717) is 22.4 Å². The van der Waals surface area contributed by atoms with Crippen molar-refractivity contribution in [2.75, 3.05) is 0 Å². The van der Waals surface area contributed by atoms with Crippen LogP contribution in [0.1, 0.15) is 5.56 Å². The summed E-state index contributed by atoms with van der Waals surface area (Å²) in [6.07, 6.45) is 0. The van der Waals surface area contributed by atoms with Gasteiger partial charge in [0.2, 0.25) is 0 Å². The summed E-state index contributed by atoms with van der Waals surface area (Å²) in [5, 5.41) is 2.16. The van der Waals surface area contributed by atoms with Crippen molar-refractivity contribution in [2.45, 2.75) is 12.4 Å². The number of nitrogens with zero attached hydrogens (tertiary/aromatic N) is 2. The van der Waals surface area contributed by atoms with Crippen LogP contribution in [0.5, 0.6) is 5.88 Å². The first kappa shape index (κ1) is 19.7. The summed E-state index contributed by atoms with van der Waals surface area (Å²) in [4.78, 5) is 12.6. The molecule has 0 aliphatic rings. The van der Waals surface area contributed by atoms with Gasteiger partial charge in [0.1, 0.15) is 0 Å². The molecule has 6 nitrogen and oxygen atoms in total. The van der Waals surface area contributed by atoms with E-state index in [-0.39, 0.29) is 5.69 Å². The van der Waals surface area contributed by atoms with Crippen LogP contribution in [0.25, 0.3) is 16.5 Å². The second-order valence-corrected chi connectivity index (χ2v) is 7.14. The predicted molar refractivity (Wildman–Crippen MR) is 87.6 cm³/mol. The van der Waals surface area contributed by atoms with Gasteiger partial charge >= 0.3 is 15.6 Å². The molecular formula is C16H9F5N2O4S. The Morgan fingerprint density at radius 1 is 1.04 bits per heavy atom. The Kier molecular flexibility index (Phi) is 4.61. The quantitative estimate of drug-likeness (QED) is 0.370. The van der Waals surface area contributed by atoms with Crippen molar-refractivity contribution >= 4 is 20.9 Å². The molecule has 0 bridgehead atoms. The first-order valence-electron chi connectivity index (χ1n) is 7.41. The van der Waals surface area contributed by atoms with Crippen molar-refractivity contribution in [1.29, 1.82) is 0 Å². The Labute approximate surface area is 153 Å². The third-order valence-corrected chi connectivity index (χ3v) is 4.66. The summed E-state index contributed by atoms with van der Waals surface area (Å²) < 4.78 is 92.6. The van der Waals surface area contributed by atoms with Crippen LogP contribution in [0.2, 0.25) is 0 Å². The number of rotatable bonds is 3. The molecule has 28 heavy (non-hydrogen) atoms. The van der Waals surface area contributed by atoms with Crippen LogP contribution in [-0.4, -0.2) is 23.7 Å². The van der Waals surface area contributed by atoms with E-state index in [2.05, 4.69) is 9.28 Å². The molecule has 0 atom stereocenters. The van der Waals surface area contributed by atoms with Gasteiger partial charge in [-0.25, -0.2) is 8.78 Å². The van der Waals surface area contributed by atoms with Gasteiger partial charge in [0.25, 0.3) is 11.4 Å². The molecule has 12 heteroatoms. The molecule has 0 unspecified atom stereocenters. The molecule has 1 heterocycles. The number of aromatic nitrogens is 2. The number of para-hydroxylation sites is 1. The van der Waals surface area contributed by atoms with Crippen molar-refractivity contribution < 1.29 is 34.6 Å². The zero-order chi connectivity index (χ0) is 20.9. The normalized spacial score (nSPS) is 12.4. The fourth-order valence-corrected chi connectivity index (χ4v) is 2.81. The molecule has 0 saturated carbocycles. The minimum Gasteiger partial charge on any atom is -0.353 e. The van der Waals surface area contributed by atoms with E-state index >= 15 is 0 Å². The average Bonchev–Trinajstić information content (AvgIpc) is 2.59. The van der Waals surface area contributed by atoms with Crippen LogP contribution in [0.3, 0.4) is 0 Å². The Bertz CT molecular complexity index is 1250. The fourth-order valence-electron chi connectivity index (χ4n) is 2.38. The smallest absolute Gasteiger partial charge is 0.353 e. The highest BCUT2D eigenvalue weighted by molar-refractivity contribution is 7.88. The maximum absolute atomic E-state index is 13.6. The van der Waals surface area contributed by atoms with Crippen molar-refractivity contribution in [2.24, 2.45) is 0 Å². The summed E-state index contributed by atoms with van der Waals surface area (Å²) in [6.45, 7) is 1.55. The summed E-state index contributed by atoms with van der Waals surface area (Å²) in [5.74, 6) is -4.22. The molecule has 0 saturated heterocycles. The van der Waals surface area contributed by atoms with Gasteiger partial charge in [0, 0.05) is 0 Å². The molecule has 0 aliphatic heterocycles. The summed E-state index contributed by atoms with van der Waals surface area (Å²) >= 11 is 0. The molecule has 148 valence electrons. The number of hydrogen-bond acceptors (Lipinski definition) is 5. The van der Waals surface area contributed by atoms with Gasteiger partial charge in [-0.15, -0.1) is 5.10 Å². The Balaban J connectivity index is 2.40. The molecule has 0 amide bonds. The van der Waals surface area contributed by atoms with E-state index in [9.17, 15) is 35.2 Å². The average molecular weight is 420 g/mol. The molecule has 2 aromatic carbocycles. The molecule has 0 radical (unpaired) electrons. The Hall–Kier alpha value is -3.02. The number of aryl methyl sites for hydroxylation is 1. The van der Waals surface area contributed by atoms with E-state index in [0.717, 1.165) is 0 Å². The van der Waals surface area contributed by atoms with Crippen molar-refractivity contribution in [3.8, 4) is 11.6 Å². The number of halogens is 5. The monoisotopic (exact) mass is 420 g/mol. The molecule has 0 aliphatic carbocycles. The fraction of sp³-hybridized carbons (Fsp3) is 0.125. The van der Waals surface area contributed by atoms with Gasteiger partial charge in [0.05, 0.1) is 16.5 Å². The lowest BCUT2D eigenvalue weighted by Crippen LogP contribution is -2.30. The topological polar surface area (TPSA) is 78.3 Å². The Morgan fingerprint density at radius 2 is 1.61 bits per heavy atom. The van der Waals surface area contributed by atoms with Crippen molar-refractivity contribution in [1.82, 2.24) is 9.78 Å². The third kappa shape index (κ3) is 3.30. The lowest BCUT2D eigenvalue weighted by Gasteiger charge is -2.14. The third-order valence-electron chi connectivity index (χ3n) is 3.72. The SMILES string of the molecule is Cc1ccccc1-n1nc(OS(=O)(=O)C(F)(F)F)c2cc(F)c(F)cc2c1=O. The van der Waals surface area contributed by atoms with Gasteiger partial charge < -0.3 is 4.18 Å². The molecule has 0 spiro atoms. The van der Waals surface area contributed by atoms with E-state index in [4.69, 9.17) is 0 Å². The first-order valence-corrected chi connectivity index (χ1v) is 8.82. The predicted octanol–water partition coefficient (Wildman–Crippen LogP) is 3.20. The van der Waals surface area contributed by atoms with Crippen LogP contribution in [0.15, 0.2) is 41.2 Å². The van der Waals surface area contributed by atoms with Crippen LogP contribution < -0.4 is 9.74 Å². The number of alkyl halides is 3. The summed E-state index contributed by atoms with van der Waals surface area (Å²) in [7, 11) is -6.18. The van der Waals surface area contributed by atoms with Gasteiger partial charge in [-0.2, -0.15) is 26.3 Å². The van der Waals surface area contributed by atoms with Gasteiger partial charge in [0.15, 0.2) is 11.6 Å². The van der Waals surface area contributed by atoms with Crippen LogP contribution in [0.4, 0.5) is 22.0 Å². The van der Waals surface area contributed by atoms with E-state index in [1.807, 2.05) is 0 Å². The highest BCUT2D eigenvalue weighted by Crippen LogP contribution is 2.30. The second kappa shape index (κ2) is 6.55. The molecule has 0 fully saturated rings. The molecule has 0 N–H and O–H groups in total. The van der Waals surface area contributed by atoms with Crippen molar-refractivity contribution in [3.05, 3.63) is 63.9 Å². The van der Waals surface area contributed by atoms with Gasteiger partial charge in [-0.1, -0.05) is 18.2 Å². The number of fused-ring (bicyclic) bond motifs is 1. The van der Waals surface area contributed by atoms with Crippen LogP contribution in [0, 0.1) is 18.6 Å². The van der Waals surface area contributed by atoms with Gasteiger partial charge in [-0.3, -0.25) is 4.79 Å². The first-order chi connectivity index (χ1) is 12.9. The second-order valence-electron chi connectivity index (χ2n) is 5.60. The van der Waals surface area contributed by atoms with E-state index in [1.54, 1.807) is 19.1 Å². The molecule has 3 rings (SSSR count). The maximum Gasteiger partial charge on any atom is 0.534 e. The summed E-state index contributed by atoms with van der Waals surface area (Å²) in [6, 6.07) is 6.77. The Morgan fingerprint density at radius 3 is 2.18 bits per heavy atom. The lowest BCUT2D eigenvalue weighted by atomic mass is 10.1. The molecular weight excluding hydrogens is 411 g/mol. The molecule has 3 aromatic rings. The maximum atomic E-state index is 13.6. The minimum atomic E-state index is -6.18. The van der Waals surface area contributed by atoms with Gasteiger partial charge in [-0.05, 0) is 30.7 Å². The number of hydrogen-bond donors (Lipinski definition) is 0. The van der Waals surface area contributed by atoms with Crippen LogP contribution >= 0.6 is 0 Å². The van der Waals surface area contributed by atoms with E-state index < -0.39 is 49.5 Å². The van der Waals surface area contributed by atoms with E-state index in [1.165, 1.54) is 12.1 Å². The largest absolute Gasteiger partial charge is 0.534 e. The standard InChI is InChI=1S/C16H9F5N2O4S/c1-8-4-2-3-5-13(8)23-15(24)10-7-12(18)11(17)6-9(10)14(22-23)27-28(25,26)16(19,20)21/h2-7H,1H3.